The fourth-order valence-electron chi connectivity index (χ4n) is 2.43. The van der Waals surface area contributed by atoms with Gasteiger partial charge in [-0.25, -0.2) is 13.4 Å². The first-order valence-electron chi connectivity index (χ1n) is 6.91. The van der Waals surface area contributed by atoms with E-state index in [1.54, 1.807) is 4.57 Å². The van der Waals surface area contributed by atoms with Gasteiger partial charge in [0.1, 0.15) is 5.54 Å². The van der Waals surface area contributed by atoms with E-state index in [0.29, 0.717) is 12.8 Å². The number of nitrogens with zero attached hydrogens (tertiary/aromatic N) is 3. The Hall–Kier alpha value is -1.39. The lowest BCUT2D eigenvalue weighted by molar-refractivity contribution is 0.483. The van der Waals surface area contributed by atoms with E-state index in [2.05, 4.69) is 15.8 Å². The third kappa shape index (κ3) is 2.86. The molecule has 1 N–H and O–H groups in total. The summed E-state index contributed by atoms with van der Waals surface area (Å²) >= 11 is 0. The van der Waals surface area contributed by atoms with Crippen molar-refractivity contribution in [3.63, 3.8) is 0 Å². The van der Waals surface area contributed by atoms with E-state index in [0.717, 1.165) is 19.3 Å². The SMILES string of the molecule is CC[C@H](C)n1cnc(S(=O)(=O)NC2(C#N)CCCC2)c1. The molecule has 1 atom stereocenters. The number of imidazole rings is 1. The normalized spacial score (nSPS) is 19.6. The number of aromatic nitrogens is 2. The second-order valence-corrected chi connectivity index (χ2v) is 7.05. The summed E-state index contributed by atoms with van der Waals surface area (Å²) < 4.78 is 29.0. The van der Waals surface area contributed by atoms with Crippen molar-refractivity contribution in [1.82, 2.24) is 14.3 Å². The van der Waals surface area contributed by atoms with E-state index in [1.807, 2.05) is 13.8 Å². The van der Waals surface area contributed by atoms with Crippen LogP contribution in [-0.4, -0.2) is 23.5 Å². The first kappa shape index (κ1) is 15.0. The van der Waals surface area contributed by atoms with Crippen molar-refractivity contribution in [1.29, 1.82) is 5.26 Å². The summed E-state index contributed by atoms with van der Waals surface area (Å²) in [5.74, 6) is 0. The van der Waals surface area contributed by atoms with Crippen LogP contribution in [0, 0.1) is 11.3 Å². The molecule has 2 rings (SSSR count). The first-order chi connectivity index (χ1) is 9.42. The molecule has 1 aromatic rings. The van der Waals surface area contributed by atoms with Gasteiger partial charge in [0.15, 0.2) is 5.03 Å². The standard InChI is InChI=1S/C13H20N4O2S/c1-3-11(2)17-8-12(15-10-17)20(18,19)16-13(9-14)6-4-5-7-13/h8,10-11,16H,3-7H2,1-2H3/t11-/m0/s1. The van der Waals surface area contributed by atoms with Gasteiger partial charge in [0.2, 0.25) is 0 Å². The van der Waals surface area contributed by atoms with Gasteiger partial charge >= 0.3 is 0 Å². The highest BCUT2D eigenvalue weighted by molar-refractivity contribution is 7.89. The van der Waals surface area contributed by atoms with Crippen molar-refractivity contribution in [2.24, 2.45) is 0 Å². The Bertz CT molecular complexity index is 609. The van der Waals surface area contributed by atoms with Gasteiger partial charge in [-0.2, -0.15) is 9.98 Å². The van der Waals surface area contributed by atoms with Crippen LogP contribution >= 0.6 is 0 Å². The summed E-state index contributed by atoms with van der Waals surface area (Å²) in [5.41, 5.74) is -0.959. The van der Waals surface area contributed by atoms with Crippen molar-refractivity contribution in [3.05, 3.63) is 12.5 Å². The minimum atomic E-state index is -3.74. The molecule has 110 valence electrons. The van der Waals surface area contributed by atoms with Gasteiger partial charge < -0.3 is 4.57 Å². The Kier molecular flexibility index (Phi) is 4.16. The van der Waals surface area contributed by atoms with E-state index in [9.17, 15) is 13.7 Å². The van der Waals surface area contributed by atoms with E-state index >= 15 is 0 Å². The molecule has 1 aromatic heterocycles. The number of hydrogen-bond acceptors (Lipinski definition) is 4. The quantitative estimate of drug-likeness (QED) is 0.899. The minimum Gasteiger partial charge on any atom is -0.333 e. The lowest BCUT2D eigenvalue weighted by atomic mass is 10.0. The zero-order valence-electron chi connectivity index (χ0n) is 11.8. The Morgan fingerprint density at radius 1 is 1.55 bits per heavy atom. The maximum Gasteiger partial charge on any atom is 0.260 e. The Labute approximate surface area is 119 Å². The average Bonchev–Trinajstić information content (AvgIpc) is 3.07. The van der Waals surface area contributed by atoms with Crippen LogP contribution in [0.3, 0.4) is 0 Å². The first-order valence-corrected chi connectivity index (χ1v) is 8.39. The number of nitrogens with one attached hydrogen (secondary N) is 1. The van der Waals surface area contributed by atoms with Gasteiger partial charge in [-0.05, 0) is 26.2 Å². The summed E-state index contributed by atoms with van der Waals surface area (Å²) in [6, 6.07) is 2.32. The summed E-state index contributed by atoms with van der Waals surface area (Å²) in [4.78, 5) is 3.97. The monoisotopic (exact) mass is 296 g/mol. The Balaban J connectivity index is 2.23. The fraction of sp³-hybridized carbons (Fsp3) is 0.692. The molecule has 0 bridgehead atoms. The molecular weight excluding hydrogens is 276 g/mol. The molecule has 1 aliphatic rings. The Morgan fingerprint density at radius 3 is 2.75 bits per heavy atom. The molecule has 1 aliphatic carbocycles. The molecular formula is C13H20N4O2S. The Morgan fingerprint density at radius 2 is 2.20 bits per heavy atom. The van der Waals surface area contributed by atoms with E-state index in [1.165, 1.54) is 12.5 Å². The largest absolute Gasteiger partial charge is 0.333 e. The van der Waals surface area contributed by atoms with Crippen LogP contribution in [-0.2, 0) is 10.0 Å². The molecule has 0 aromatic carbocycles. The predicted octanol–water partition coefficient (Wildman–Crippen LogP) is 1.97. The highest BCUT2D eigenvalue weighted by atomic mass is 32.2. The van der Waals surface area contributed by atoms with Crippen LogP contribution in [0.4, 0.5) is 0 Å². The third-order valence-corrected chi connectivity index (χ3v) is 5.37. The number of hydrogen-bond donors (Lipinski definition) is 1. The van der Waals surface area contributed by atoms with E-state index < -0.39 is 15.6 Å². The maximum absolute atomic E-state index is 12.3. The van der Waals surface area contributed by atoms with Gasteiger partial charge in [-0.3, -0.25) is 0 Å². The molecule has 0 spiro atoms. The summed E-state index contributed by atoms with van der Waals surface area (Å²) in [6.45, 7) is 4.03. The fourth-order valence-corrected chi connectivity index (χ4v) is 3.75. The predicted molar refractivity (Wildman–Crippen MR) is 74.4 cm³/mol. The highest BCUT2D eigenvalue weighted by Crippen LogP contribution is 2.30. The van der Waals surface area contributed by atoms with Crippen molar-refractivity contribution in [2.45, 2.75) is 62.6 Å². The molecule has 6 nitrogen and oxygen atoms in total. The van der Waals surface area contributed by atoms with Crippen LogP contribution in [0.5, 0.6) is 0 Å². The molecule has 1 heterocycles. The van der Waals surface area contributed by atoms with Crippen LogP contribution in [0.25, 0.3) is 0 Å². The molecule has 0 amide bonds. The highest BCUT2D eigenvalue weighted by Gasteiger charge is 2.38. The molecule has 20 heavy (non-hydrogen) atoms. The van der Waals surface area contributed by atoms with Gasteiger partial charge in [0, 0.05) is 12.2 Å². The van der Waals surface area contributed by atoms with Gasteiger partial charge in [-0.1, -0.05) is 19.8 Å². The lowest BCUT2D eigenvalue weighted by Gasteiger charge is -2.20. The van der Waals surface area contributed by atoms with Crippen molar-refractivity contribution >= 4 is 10.0 Å². The van der Waals surface area contributed by atoms with E-state index in [-0.39, 0.29) is 11.1 Å². The zero-order chi connectivity index (χ0) is 14.8. The summed E-state index contributed by atoms with van der Waals surface area (Å²) in [5, 5.41) is 9.24. The number of sulfonamides is 1. The van der Waals surface area contributed by atoms with Crippen molar-refractivity contribution < 1.29 is 8.42 Å². The molecule has 0 aliphatic heterocycles. The molecule has 0 unspecified atom stereocenters. The zero-order valence-corrected chi connectivity index (χ0v) is 12.7. The van der Waals surface area contributed by atoms with Crippen LogP contribution in [0.2, 0.25) is 0 Å². The van der Waals surface area contributed by atoms with Gasteiger partial charge in [0.25, 0.3) is 10.0 Å². The van der Waals surface area contributed by atoms with Gasteiger partial charge in [-0.15, -0.1) is 0 Å². The second kappa shape index (κ2) is 5.54. The van der Waals surface area contributed by atoms with Crippen LogP contribution < -0.4 is 4.72 Å². The minimum absolute atomic E-state index is 0.0145. The second-order valence-electron chi connectivity index (χ2n) is 5.42. The third-order valence-electron chi connectivity index (χ3n) is 3.95. The molecule has 0 saturated heterocycles. The number of rotatable bonds is 5. The maximum atomic E-state index is 12.3. The van der Waals surface area contributed by atoms with Crippen LogP contribution in [0.1, 0.15) is 52.0 Å². The molecule has 0 radical (unpaired) electrons. The summed E-state index contributed by atoms with van der Waals surface area (Å²) in [6.07, 6.45) is 6.82. The number of nitriles is 1. The smallest absolute Gasteiger partial charge is 0.260 e. The average molecular weight is 296 g/mol. The van der Waals surface area contributed by atoms with Crippen molar-refractivity contribution in [2.75, 3.05) is 0 Å². The van der Waals surface area contributed by atoms with Gasteiger partial charge in [0.05, 0.1) is 12.4 Å². The van der Waals surface area contributed by atoms with E-state index in [4.69, 9.17) is 0 Å². The molecule has 7 heteroatoms. The summed E-state index contributed by atoms with van der Waals surface area (Å²) in [7, 11) is -3.74. The molecule has 1 saturated carbocycles. The molecule has 1 fully saturated rings. The van der Waals surface area contributed by atoms with Crippen LogP contribution in [0.15, 0.2) is 17.6 Å². The topological polar surface area (TPSA) is 87.8 Å². The lowest BCUT2D eigenvalue weighted by Crippen LogP contribution is -2.45. The van der Waals surface area contributed by atoms with Crippen molar-refractivity contribution in [3.8, 4) is 6.07 Å².